The topological polar surface area (TPSA) is 49.4 Å². The molecule has 16 heavy (non-hydrogen) atoms. The first-order valence-corrected chi connectivity index (χ1v) is 4.83. The van der Waals surface area contributed by atoms with Crippen LogP contribution in [-0.2, 0) is 10.2 Å². The molecule has 0 radical (unpaired) electrons. The van der Waals surface area contributed by atoms with Gasteiger partial charge in [-0.25, -0.2) is 0 Å². The Morgan fingerprint density at radius 2 is 1.88 bits per heavy atom. The number of benzene rings is 1. The van der Waals surface area contributed by atoms with E-state index in [-0.39, 0.29) is 24.3 Å². The van der Waals surface area contributed by atoms with Crippen molar-refractivity contribution in [3.8, 4) is 5.75 Å². The molecule has 0 bridgehead atoms. The molecule has 4 heteroatoms. The Labute approximate surface area is 108 Å². The van der Waals surface area contributed by atoms with E-state index in [0.717, 1.165) is 5.56 Å². The van der Waals surface area contributed by atoms with Crippen LogP contribution in [0.15, 0.2) is 24.3 Å². The number of aliphatic carboxylic acids is 1. The summed E-state index contributed by atoms with van der Waals surface area (Å²) in [6.07, 6.45) is 0. The monoisotopic (exact) mass is 214 g/mol. The Morgan fingerprint density at radius 3 is 2.38 bits per heavy atom. The van der Waals surface area contributed by atoms with Crippen molar-refractivity contribution in [2.45, 2.75) is 26.2 Å². The van der Waals surface area contributed by atoms with Crippen LogP contribution in [0.4, 0.5) is 0 Å². The van der Waals surface area contributed by atoms with Crippen LogP contribution in [0.1, 0.15) is 26.3 Å². The number of carbonyl (C=O) groups is 1. The minimum atomic E-state index is -1.21. The van der Waals surface area contributed by atoms with Crippen molar-refractivity contribution in [1.29, 1.82) is 0 Å². The maximum atomic E-state index is 10.3. The molecule has 0 unspecified atom stereocenters. The van der Waals surface area contributed by atoms with Gasteiger partial charge in [-0.05, 0) is 17.0 Å². The number of rotatable bonds is 3. The maximum Gasteiger partial charge on any atom is 1.00 e. The van der Waals surface area contributed by atoms with Crippen molar-refractivity contribution >= 4 is 5.97 Å². The number of hydrogen-bond donors (Lipinski definition) is 0. The van der Waals surface area contributed by atoms with E-state index in [4.69, 9.17) is 4.74 Å². The first-order chi connectivity index (χ1) is 6.91. The summed E-state index contributed by atoms with van der Waals surface area (Å²) >= 11 is 0. The van der Waals surface area contributed by atoms with E-state index in [1.165, 1.54) is 0 Å². The van der Waals surface area contributed by atoms with Gasteiger partial charge in [0, 0.05) is 0 Å². The summed E-state index contributed by atoms with van der Waals surface area (Å²) < 4.78 is 5.16. The minimum absolute atomic E-state index is 0. The second-order valence-electron chi connectivity index (χ2n) is 4.41. The number of para-hydroxylation sites is 1. The van der Waals surface area contributed by atoms with Crippen LogP contribution >= 0.6 is 0 Å². The fraction of sp³-hybridized carbons (Fsp3) is 0.417. The molecule has 1 aromatic rings. The van der Waals surface area contributed by atoms with E-state index >= 15 is 0 Å². The zero-order valence-electron chi connectivity index (χ0n) is 10.2. The van der Waals surface area contributed by atoms with E-state index in [0.29, 0.717) is 5.75 Å². The molecule has 0 aromatic heterocycles. The van der Waals surface area contributed by atoms with Crippen LogP contribution in [0.5, 0.6) is 5.75 Å². The van der Waals surface area contributed by atoms with Gasteiger partial charge in [-0.3, -0.25) is 0 Å². The SMILES string of the molecule is CC(C)(C)c1ccccc1OCC(=O)[O-].[Li+]. The standard InChI is InChI=1S/C12H16O3.Li/c1-12(2,3)9-6-4-5-7-10(9)15-8-11(13)14;/h4-7H,8H2,1-3H3,(H,13,14);/q;+1/p-1. The van der Waals surface area contributed by atoms with Gasteiger partial charge in [0.2, 0.25) is 0 Å². The number of ether oxygens (including phenoxy) is 1. The quantitative estimate of drug-likeness (QED) is 0.553. The maximum absolute atomic E-state index is 10.3. The van der Waals surface area contributed by atoms with Crippen LogP contribution in [0, 0.1) is 0 Å². The van der Waals surface area contributed by atoms with Crippen molar-refractivity contribution in [3.63, 3.8) is 0 Å². The van der Waals surface area contributed by atoms with Gasteiger partial charge >= 0.3 is 18.9 Å². The van der Waals surface area contributed by atoms with Gasteiger partial charge in [-0.1, -0.05) is 39.0 Å². The molecule has 0 heterocycles. The van der Waals surface area contributed by atoms with Crippen LogP contribution < -0.4 is 28.7 Å². The van der Waals surface area contributed by atoms with E-state index in [1.54, 1.807) is 6.07 Å². The number of carboxylic acids is 1. The summed E-state index contributed by atoms with van der Waals surface area (Å²) in [5.41, 5.74) is 0.925. The summed E-state index contributed by atoms with van der Waals surface area (Å²) in [4.78, 5) is 10.3. The van der Waals surface area contributed by atoms with Crippen molar-refractivity contribution in [2.24, 2.45) is 0 Å². The Hall–Kier alpha value is -0.913. The first-order valence-electron chi connectivity index (χ1n) is 4.83. The molecular formula is C12H15LiO3. The molecule has 3 nitrogen and oxygen atoms in total. The van der Waals surface area contributed by atoms with Crippen LogP contribution in [0.2, 0.25) is 0 Å². The Bertz CT molecular complexity index is 356. The average molecular weight is 214 g/mol. The Balaban J connectivity index is 0.00000225. The third-order valence-corrected chi connectivity index (χ3v) is 2.04. The molecule has 0 aliphatic heterocycles. The van der Waals surface area contributed by atoms with E-state index in [2.05, 4.69) is 0 Å². The fourth-order valence-electron chi connectivity index (χ4n) is 1.35. The number of carbonyl (C=O) groups excluding carboxylic acids is 1. The second kappa shape index (κ2) is 5.98. The smallest absolute Gasteiger partial charge is 0.546 e. The van der Waals surface area contributed by atoms with Crippen molar-refractivity contribution in [2.75, 3.05) is 6.61 Å². The molecule has 0 aliphatic carbocycles. The van der Waals surface area contributed by atoms with Gasteiger partial charge < -0.3 is 14.6 Å². The molecule has 1 rings (SSSR count). The van der Waals surface area contributed by atoms with Gasteiger partial charge in [0.15, 0.2) is 0 Å². The third kappa shape index (κ3) is 4.30. The molecule has 0 spiro atoms. The molecule has 1 aromatic carbocycles. The predicted molar refractivity (Wildman–Crippen MR) is 55.6 cm³/mol. The molecule has 0 atom stereocenters. The van der Waals surface area contributed by atoms with E-state index in [1.807, 2.05) is 39.0 Å². The third-order valence-electron chi connectivity index (χ3n) is 2.04. The fourth-order valence-corrected chi connectivity index (χ4v) is 1.35. The summed E-state index contributed by atoms with van der Waals surface area (Å²) in [6.45, 7) is 5.74. The molecule has 0 saturated heterocycles. The van der Waals surface area contributed by atoms with Crippen LogP contribution in [0.25, 0.3) is 0 Å². The second-order valence-corrected chi connectivity index (χ2v) is 4.41. The van der Waals surface area contributed by atoms with Gasteiger partial charge in [-0.2, -0.15) is 0 Å². The molecule has 0 fully saturated rings. The van der Waals surface area contributed by atoms with E-state index in [9.17, 15) is 9.90 Å². The molecule has 0 saturated carbocycles. The van der Waals surface area contributed by atoms with Crippen LogP contribution in [-0.4, -0.2) is 12.6 Å². The average Bonchev–Trinajstić information content (AvgIpc) is 2.13. The predicted octanol–water partition coefficient (Wildman–Crippen LogP) is -1.88. The van der Waals surface area contributed by atoms with Crippen molar-refractivity contribution < 1.29 is 33.5 Å². The zero-order valence-corrected chi connectivity index (χ0v) is 10.2. The normalized spacial score (nSPS) is 10.4. The number of carboxylic acid groups (broad SMARTS) is 1. The van der Waals surface area contributed by atoms with Gasteiger partial charge in [0.1, 0.15) is 12.4 Å². The first kappa shape index (κ1) is 15.1. The van der Waals surface area contributed by atoms with Gasteiger partial charge in [0.05, 0.1) is 5.97 Å². The minimum Gasteiger partial charge on any atom is -0.546 e. The summed E-state index contributed by atoms with van der Waals surface area (Å²) in [7, 11) is 0. The number of hydrogen-bond acceptors (Lipinski definition) is 3. The molecule has 0 aliphatic rings. The molecule has 0 N–H and O–H groups in total. The van der Waals surface area contributed by atoms with Crippen molar-refractivity contribution in [1.82, 2.24) is 0 Å². The largest absolute Gasteiger partial charge is 1.00 e. The Morgan fingerprint density at radius 1 is 1.31 bits per heavy atom. The summed E-state index contributed by atoms with van der Waals surface area (Å²) in [6, 6.07) is 7.43. The molecule has 82 valence electrons. The van der Waals surface area contributed by atoms with Crippen molar-refractivity contribution in [3.05, 3.63) is 29.8 Å². The van der Waals surface area contributed by atoms with Gasteiger partial charge in [0.25, 0.3) is 0 Å². The van der Waals surface area contributed by atoms with Gasteiger partial charge in [-0.15, -0.1) is 0 Å². The molecule has 0 amide bonds. The zero-order chi connectivity index (χ0) is 11.5. The summed E-state index contributed by atoms with van der Waals surface area (Å²) in [5.74, 6) is -0.604. The van der Waals surface area contributed by atoms with Crippen LogP contribution in [0.3, 0.4) is 0 Å². The molecular weight excluding hydrogens is 199 g/mol. The summed E-state index contributed by atoms with van der Waals surface area (Å²) in [5, 5.41) is 10.3. The Kier molecular flexibility index (Phi) is 5.64. The van der Waals surface area contributed by atoms with E-state index < -0.39 is 12.6 Å².